The predicted octanol–water partition coefficient (Wildman–Crippen LogP) is 2.21. The quantitative estimate of drug-likeness (QED) is 0.654. The lowest BCUT2D eigenvalue weighted by atomic mass is 10.1. The Kier molecular flexibility index (Phi) is 4.95. The van der Waals surface area contributed by atoms with E-state index in [1.54, 1.807) is 7.11 Å². The van der Waals surface area contributed by atoms with Crippen LogP contribution in [0.4, 0.5) is 0 Å². The Bertz CT molecular complexity index is 728. The Balaban J connectivity index is 1.68. The molecule has 0 bridgehead atoms. The minimum atomic E-state index is 0.712. The average Bonchev–Trinajstić information content (AvgIpc) is 3.13. The molecule has 3 rings (SSSR count). The number of nitrogens with one attached hydrogen (secondary N) is 2. The number of pyridine rings is 1. The van der Waals surface area contributed by atoms with Crippen LogP contribution < -0.4 is 10.1 Å². The second-order valence-electron chi connectivity index (χ2n) is 5.08. The molecule has 0 saturated carbocycles. The van der Waals surface area contributed by atoms with Gasteiger partial charge in [0.1, 0.15) is 12.1 Å². The second-order valence-corrected chi connectivity index (χ2v) is 5.08. The molecule has 0 radical (unpaired) electrons. The highest BCUT2D eigenvalue weighted by molar-refractivity contribution is 5.68. The zero-order valence-corrected chi connectivity index (χ0v) is 13.0. The van der Waals surface area contributed by atoms with E-state index in [2.05, 4.69) is 31.5 Å². The first-order valence-electron chi connectivity index (χ1n) is 7.50. The van der Waals surface area contributed by atoms with Crippen molar-refractivity contribution in [1.82, 2.24) is 25.5 Å². The predicted molar refractivity (Wildman–Crippen MR) is 88.0 cm³/mol. The molecule has 0 fully saturated rings. The first-order chi connectivity index (χ1) is 11.4. The highest BCUT2D eigenvalue weighted by Gasteiger charge is 2.13. The summed E-state index contributed by atoms with van der Waals surface area (Å²) < 4.78 is 5.46. The summed E-state index contributed by atoms with van der Waals surface area (Å²) in [6.07, 6.45) is 4.21. The molecule has 0 unspecified atom stereocenters. The molecule has 118 valence electrons. The van der Waals surface area contributed by atoms with E-state index in [4.69, 9.17) is 4.74 Å². The van der Waals surface area contributed by atoms with Crippen molar-refractivity contribution in [1.29, 1.82) is 0 Å². The zero-order valence-electron chi connectivity index (χ0n) is 13.0. The van der Waals surface area contributed by atoms with Crippen LogP contribution in [0.5, 0.6) is 5.75 Å². The largest absolute Gasteiger partial charge is 0.496 e. The lowest BCUT2D eigenvalue weighted by Gasteiger charge is -2.12. The van der Waals surface area contributed by atoms with Crippen LogP contribution in [-0.4, -0.2) is 33.8 Å². The molecule has 2 aromatic heterocycles. The van der Waals surface area contributed by atoms with Gasteiger partial charge in [0.25, 0.3) is 0 Å². The summed E-state index contributed by atoms with van der Waals surface area (Å²) in [6.45, 7) is 1.57. The van der Waals surface area contributed by atoms with Crippen LogP contribution in [-0.2, 0) is 13.0 Å². The van der Waals surface area contributed by atoms with E-state index in [9.17, 15) is 0 Å². The number of rotatable bonds is 7. The topological polar surface area (TPSA) is 75.7 Å². The van der Waals surface area contributed by atoms with E-state index in [-0.39, 0.29) is 0 Å². The molecule has 3 aromatic rings. The highest BCUT2D eigenvalue weighted by Crippen LogP contribution is 2.30. The van der Waals surface area contributed by atoms with Crippen LogP contribution in [0.2, 0.25) is 0 Å². The van der Waals surface area contributed by atoms with Crippen LogP contribution in [0.15, 0.2) is 48.9 Å². The Morgan fingerprint density at radius 2 is 2.09 bits per heavy atom. The summed E-state index contributed by atoms with van der Waals surface area (Å²) >= 11 is 0. The number of benzene rings is 1. The molecule has 0 aliphatic rings. The molecule has 0 aliphatic heterocycles. The minimum Gasteiger partial charge on any atom is -0.496 e. The number of H-pyrrole nitrogens is 1. The van der Waals surface area contributed by atoms with E-state index >= 15 is 0 Å². The molecular formula is C17H19N5O. The lowest BCUT2D eigenvalue weighted by Crippen LogP contribution is -2.17. The van der Waals surface area contributed by atoms with E-state index < -0.39 is 0 Å². The fraction of sp³-hybridized carbons (Fsp3) is 0.235. The van der Waals surface area contributed by atoms with Crippen molar-refractivity contribution in [2.75, 3.05) is 13.7 Å². The molecule has 0 saturated heterocycles. The van der Waals surface area contributed by atoms with Gasteiger partial charge in [0.2, 0.25) is 0 Å². The third-order valence-corrected chi connectivity index (χ3v) is 3.58. The molecule has 23 heavy (non-hydrogen) atoms. The normalized spacial score (nSPS) is 10.7. The first-order valence-corrected chi connectivity index (χ1v) is 7.50. The lowest BCUT2D eigenvalue weighted by molar-refractivity contribution is 0.415. The Morgan fingerprint density at radius 3 is 2.83 bits per heavy atom. The molecule has 6 nitrogen and oxygen atoms in total. The van der Waals surface area contributed by atoms with Crippen molar-refractivity contribution in [3.05, 3.63) is 60.2 Å². The Hall–Kier alpha value is -2.73. The fourth-order valence-corrected chi connectivity index (χ4v) is 2.47. The molecular weight excluding hydrogens is 290 g/mol. The highest BCUT2D eigenvalue weighted by atomic mass is 16.5. The maximum Gasteiger partial charge on any atom is 0.159 e. The third-order valence-electron chi connectivity index (χ3n) is 3.58. The summed E-state index contributed by atoms with van der Waals surface area (Å²) in [7, 11) is 1.66. The van der Waals surface area contributed by atoms with E-state index in [0.29, 0.717) is 5.82 Å². The number of nitrogens with zero attached hydrogens (tertiary/aromatic N) is 3. The van der Waals surface area contributed by atoms with E-state index in [1.807, 2.05) is 36.5 Å². The molecule has 0 spiro atoms. The summed E-state index contributed by atoms with van der Waals surface area (Å²) in [4.78, 5) is 8.57. The molecule has 2 N–H and O–H groups in total. The van der Waals surface area contributed by atoms with Crippen molar-refractivity contribution in [2.45, 2.75) is 13.0 Å². The number of hydrogen-bond acceptors (Lipinski definition) is 5. The van der Waals surface area contributed by atoms with Crippen LogP contribution in [0.3, 0.4) is 0 Å². The van der Waals surface area contributed by atoms with Crippen LogP contribution in [0, 0.1) is 0 Å². The second kappa shape index (κ2) is 7.51. The van der Waals surface area contributed by atoms with Gasteiger partial charge in [-0.15, -0.1) is 0 Å². The fourth-order valence-electron chi connectivity index (χ4n) is 2.47. The summed E-state index contributed by atoms with van der Waals surface area (Å²) in [5, 5.41) is 10.3. The number of ether oxygens (including phenoxy) is 1. The number of aromatic nitrogens is 4. The molecule has 1 aromatic carbocycles. The van der Waals surface area contributed by atoms with Gasteiger partial charge in [-0.3, -0.25) is 10.1 Å². The molecule has 6 heteroatoms. The van der Waals surface area contributed by atoms with Gasteiger partial charge in [0, 0.05) is 31.4 Å². The maximum atomic E-state index is 5.46. The van der Waals surface area contributed by atoms with Crippen molar-refractivity contribution in [3.63, 3.8) is 0 Å². The number of aromatic amines is 1. The van der Waals surface area contributed by atoms with Gasteiger partial charge < -0.3 is 10.1 Å². The van der Waals surface area contributed by atoms with Gasteiger partial charge in [-0.25, -0.2) is 4.98 Å². The molecule has 2 heterocycles. The summed E-state index contributed by atoms with van der Waals surface area (Å²) in [5.41, 5.74) is 3.14. The monoisotopic (exact) mass is 309 g/mol. The van der Waals surface area contributed by atoms with Gasteiger partial charge in [-0.2, -0.15) is 5.10 Å². The number of methoxy groups -OCH3 is 1. The van der Waals surface area contributed by atoms with Gasteiger partial charge in [-0.1, -0.05) is 18.2 Å². The van der Waals surface area contributed by atoms with Crippen LogP contribution in [0.25, 0.3) is 11.4 Å². The van der Waals surface area contributed by atoms with Gasteiger partial charge >= 0.3 is 0 Å². The van der Waals surface area contributed by atoms with Crippen molar-refractivity contribution in [3.8, 4) is 17.1 Å². The number of hydrogen-bond donors (Lipinski definition) is 2. The third kappa shape index (κ3) is 3.73. The summed E-state index contributed by atoms with van der Waals surface area (Å²) in [5.74, 6) is 1.50. The Labute approximate surface area is 135 Å². The van der Waals surface area contributed by atoms with E-state index in [1.165, 1.54) is 6.33 Å². The van der Waals surface area contributed by atoms with Crippen LogP contribution >= 0.6 is 0 Å². The van der Waals surface area contributed by atoms with Gasteiger partial charge in [0.15, 0.2) is 5.82 Å². The van der Waals surface area contributed by atoms with Gasteiger partial charge in [-0.05, 0) is 23.8 Å². The van der Waals surface area contributed by atoms with E-state index in [0.717, 1.165) is 42.1 Å². The van der Waals surface area contributed by atoms with Crippen molar-refractivity contribution >= 4 is 0 Å². The zero-order chi connectivity index (χ0) is 15.9. The smallest absolute Gasteiger partial charge is 0.159 e. The first kappa shape index (κ1) is 15.2. The Morgan fingerprint density at radius 1 is 1.13 bits per heavy atom. The SMILES string of the molecule is COc1cccc(CNCCc2ccccn2)c1-c1ncn[nH]1. The minimum absolute atomic E-state index is 0.712. The van der Waals surface area contributed by atoms with Gasteiger partial charge in [0.05, 0.1) is 12.7 Å². The average molecular weight is 309 g/mol. The molecule has 0 atom stereocenters. The van der Waals surface area contributed by atoms with Crippen molar-refractivity contribution in [2.24, 2.45) is 0 Å². The van der Waals surface area contributed by atoms with Crippen molar-refractivity contribution < 1.29 is 4.74 Å². The molecule has 0 aliphatic carbocycles. The summed E-state index contributed by atoms with van der Waals surface area (Å²) in [6, 6.07) is 11.9. The van der Waals surface area contributed by atoms with Crippen LogP contribution in [0.1, 0.15) is 11.3 Å². The maximum absolute atomic E-state index is 5.46. The standard InChI is InChI=1S/C17H19N5O/c1-23-15-7-4-5-13(16(15)17-20-12-21-22-17)11-18-10-8-14-6-2-3-9-19-14/h2-7,9,12,18H,8,10-11H2,1H3,(H,20,21,22). The molecule has 0 amide bonds.